The van der Waals surface area contributed by atoms with Crippen LogP contribution in [0, 0.1) is 6.92 Å². The quantitative estimate of drug-likeness (QED) is 0.306. The molecule has 0 saturated carbocycles. The molecule has 1 aliphatic heterocycles. The Labute approximate surface area is 194 Å². The fraction of sp³-hybridized carbons (Fsp3) is 0.524. The Bertz CT molecular complexity index is 791. The third-order valence-electron chi connectivity index (χ3n) is 4.68. The fourth-order valence-corrected chi connectivity index (χ4v) is 3.81. The van der Waals surface area contributed by atoms with E-state index in [0.29, 0.717) is 19.7 Å². The van der Waals surface area contributed by atoms with Crippen LogP contribution in [0.2, 0.25) is 0 Å². The molecule has 3 rings (SSSR count). The summed E-state index contributed by atoms with van der Waals surface area (Å²) >= 11 is 1.70. The van der Waals surface area contributed by atoms with E-state index in [9.17, 15) is 0 Å². The summed E-state index contributed by atoms with van der Waals surface area (Å²) in [6.45, 7) is 6.94. The molecule has 1 fully saturated rings. The van der Waals surface area contributed by atoms with Crippen LogP contribution in [0.1, 0.15) is 41.6 Å². The molecule has 0 radical (unpaired) electrons. The van der Waals surface area contributed by atoms with Gasteiger partial charge in [0.05, 0.1) is 23.4 Å². The molecule has 6 nitrogen and oxygen atoms in total. The molecule has 0 bridgehead atoms. The van der Waals surface area contributed by atoms with Crippen molar-refractivity contribution in [2.75, 3.05) is 20.3 Å². The standard InChI is InChI=1S/C21H30N4O2S.HI/c1-4-20-25-17(14-28-20)12-24-21(22-3)23-11-16-8-7-15(2)10-19(16)27-13-18-6-5-9-26-18;/h7-8,10,14,18H,4-6,9,11-13H2,1-3H3,(H2,22,23,24);1H. The van der Waals surface area contributed by atoms with Gasteiger partial charge in [0.15, 0.2) is 5.96 Å². The second-order valence-electron chi connectivity index (χ2n) is 6.92. The Morgan fingerprint density at radius 1 is 1.34 bits per heavy atom. The molecule has 1 unspecified atom stereocenters. The molecule has 2 N–H and O–H groups in total. The lowest BCUT2D eigenvalue weighted by molar-refractivity contribution is 0.0676. The molecule has 0 spiro atoms. The fourth-order valence-electron chi connectivity index (χ4n) is 3.07. The Hall–Kier alpha value is -1.39. The van der Waals surface area contributed by atoms with Gasteiger partial charge < -0.3 is 20.1 Å². The van der Waals surface area contributed by atoms with Gasteiger partial charge in [0.2, 0.25) is 0 Å². The molecule has 1 aromatic heterocycles. The third kappa shape index (κ3) is 7.42. The van der Waals surface area contributed by atoms with Gasteiger partial charge in [-0.25, -0.2) is 4.98 Å². The van der Waals surface area contributed by atoms with Crippen molar-refractivity contribution in [3.8, 4) is 5.75 Å². The first kappa shape index (κ1) is 23.9. The number of aromatic nitrogens is 1. The average molecular weight is 530 g/mol. The highest BCUT2D eigenvalue weighted by Gasteiger charge is 2.17. The molecule has 1 saturated heterocycles. The van der Waals surface area contributed by atoms with Crippen LogP contribution in [-0.4, -0.2) is 37.3 Å². The van der Waals surface area contributed by atoms with Gasteiger partial charge in [0.25, 0.3) is 0 Å². The van der Waals surface area contributed by atoms with E-state index < -0.39 is 0 Å². The summed E-state index contributed by atoms with van der Waals surface area (Å²) in [7, 11) is 1.78. The van der Waals surface area contributed by atoms with Crippen molar-refractivity contribution in [3.05, 3.63) is 45.4 Å². The van der Waals surface area contributed by atoms with Crippen LogP contribution < -0.4 is 15.4 Å². The molecule has 8 heteroatoms. The molecular weight excluding hydrogens is 499 g/mol. The number of thiazole rings is 1. The molecule has 1 aliphatic rings. The Morgan fingerprint density at radius 2 is 2.17 bits per heavy atom. The summed E-state index contributed by atoms with van der Waals surface area (Å²) in [4.78, 5) is 8.89. The molecule has 29 heavy (non-hydrogen) atoms. The number of benzene rings is 1. The van der Waals surface area contributed by atoms with Gasteiger partial charge in [-0.3, -0.25) is 4.99 Å². The molecule has 0 aliphatic carbocycles. The SMILES string of the molecule is CCc1nc(CNC(=NC)NCc2ccc(C)cc2OCC2CCCO2)cs1.I. The lowest BCUT2D eigenvalue weighted by atomic mass is 10.1. The lowest BCUT2D eigenvalue weighted by Crippen LogP contribution is -2.36. The maximum absolute atomic E-state index is 6.08. The van der Waals surface area contributed by atoms with Crippen LogP contribution >= 0.6 is 35.3 Å². The zero-order valence-electron chi connectivity index (χ0n) is 17.4. The number of aliphatic imine (C=N–C) groups is 1. The number of aryl methyl sites for hydroxylation is 2. The van der Waals surface area contributed by atoms with E-state index in [0.717, 1.165) is 53.8 Å². The van der Waals surface area contributed by atoms with Crippen molar-refractivity contribution < 1.29 is 9.47 Å². The highest BCUT2D eigenvalue weighted by molar-refractivity contribution is 14.0. The van der Waals surface area contributed by atoms with E-state index in [1.165, 1.54) is 5.56 Å². The highest BCUT2D eigenvalue weighted by Crippen LogP contribution is 2.22. The second kappa shape index (κ2) is 12.3. The molecule has 1 atom stereocenters. The van der Waals surface area contributed by atoms with Crippen LogP contribution in [0.25, 0.3) is 0 Å². The molecule has 1 aromatic carbocycles. The summed E-state index contributed by atoms with van der Waals surface area (Å²) < 4.78 is 11.7. The van der Waals surface area contributed by atoms with Gasteiger partial charge in [0, 0.05) is 31.1 Å². The van der Waals surface area contributed by atoms with E-state index in [2.05, 4.69) is 58.0 Å². The predicted molar refractivity (Wildman–Crippen MR) is 130 cm³/mol. The minimum atomic E-state index is 0. The largest absolute Gasteiger partial charge is 0.491 e. The molecule has 2 aromatic rings. The van der Waals surface area contributed by atoms with Crippen LogP contribution in [0.5, 0.6) is 5.75 Å². The van der Waals surface area contributed by atoms with Crippen LogP contribution in [-0.2, 0) is 24.2 Å². The van der Waals surface area contributed by atoms with E-state index in [1.54, 1.807) is 18.4 Å². The first-order valence-electron chi connectivity index (χ1n) is 9.89. The van der Waals surface area contributed by atoms with Crippen molar-refractivity contribution >= 4 is 41.3 Å². The minimum Gasteiger partial charge on any atom is -0.491 e. The van der Waals surface area contributed by atoms with E-state index in [1.807, 2.05) is 0 Å². The number of nitrogens with zero attached hydrogens (tertiary/aromatic N) is 2. The summed E-state index contributed by atoms with van der Waals surface area (Å²) in [6, 6.07) is 6.30. The Morgan fingerprint density at radius 3 is 2.86 bits per heavy atom. The van der Waals surface area contributed by atoms with Gasteiger partial charge in [-0.15, -0.1) is 35.3 Å². The topological polar surface area (TPSA) is 67.8 Å². The molecule has 160 valence electrons. The van der Waals surface area contributed by atoms with Crippen molar-refractivity contribution in [1.82, 2.24) is 15.6 Å². The molecular formula is C21H31IN4O2S. The van der Waals surface area contributed by atoms with E-state index in [4.69, 9.17) is 9.47 Å². The zero-order valence-corrected chi connectivity index (χ0v) is 20.5. The van der Waals surface area contributed by atoms with Crippen molar-refractivity contribution in [2.45, 2.75) is 52.3 Å². The van der Waals surface area contributed by atoms with E-state index in [-0.39, 0.29) is 30.1 Å². The van der Waals surface area contributed by atoms with Crippen molar-refractivity contribution in [3.63, 3.8) is 0 Å². The Kier molecular flexibility index (Phi) is 10.2. The minimum absolute atomic E-state index is 0. The van der Waals surface area contributed by atoms with Gasteiger partial charge in [-0.05, 0) is 37.8 Å². The van der Waals surface area contributed by atoms with Crippen LogP contribution in [0.3, 0.4) is 0 Å². The number of halogens is 1. The summed E-state index contributed by atoms with van der Waals surface area (Å²) in [5, 5.41) is 9.94. The number of ether oxygens (including phenoxy) is 2. The van der Waals surface area contributed by atoms with Crippen LogP contribution in [0.4, 0.5) is 0 Å². The number of nitrogens with one attached hydrogen (secondary N) is 2. The van der Waals surface area contributed by atoms with Gasteiger partial charge in [-0.1, -0.05) is 19.1 Å². The summed E-state index contributed by atoms with van der Waals surface area (Å²) in [5.41, 5.74) is 3.33. The predicted octanol–water partition coefficient (Wildman–Crippen LogP) is 4.05. The lowest BCUT2D eigenvalue weighted by Gasteiger charge is -2.17. The molecule has 0 amide bonds. The third-order valence-corrected chi connectivity index (χ3v) is 5.72. The van der Waals surface area contributed by atoms with Crippen molar-refractivity contribution in [1.29, 1.82) is 0 Å². The summed E-state index contributed by atoms with van der Waals surface area (Å²) in [6.07, 6.45) is 3.38. The smallest absolute Gasteiger partial charge is 0.191 e. The maximum atomic E-state index is 6.08. The van der Waals surface area contributed by atoms with E-state index >= 15 is 0 Å². The van der Waals surface area contributed by atoms with Gasteiger partial charge in [0.1, 0.15) is 12.4 Å². The molecule has 2 heterocycles. The number of guanidine groups is 1. The number of hydrogen-bond acceptors (Lipinski definition) is 5. The average Bonchev–Trinajstić information content (AvgIpc) is 3.39. The normalized spacial score (nSPS) is 16.4. The van der Waals surface area contributed by atoms with Gasteiger partial charge >= 0.3 is 0 Å². The number of rotatable bonds is 8. The summed E-state index contributed by atoms with van der Waals surface area (Å²) in [5.74, 6) is 1.65. The van der Waals surface area contributed by atoms with Gasteiger partial charge in [-0.2, -0.15) is 0 Å². The maximum Gasteiger partial charge on any atom is 0.191 e. The zero-order chi connectivity index (χ0) is 19.8. The van der Waals surface area contributed by atoms with Crippen molar-refractivity contribution in [2.24, 2.45) is 4.99 Å². The first-order chi connectivity index (χ1) is 13.7. The second-order valence-corrected chi connectivity index (χ2v) is 7.87. The monoisotopic (exact) mass is 530 g/mol. The highest BCUT2D eigenvalue weighted by atomic mass is 127. The Balaban J connectivity index is 0.00000300. The number of hydrogen-bond donors (Lipinski definition) is 2. The van der Waals surface area contributed by atoms with Crippen LogP contribution in [0.15, 0.2) is 28.6 Å². The first-order valence-corrected chi connectivity index (χ1v) is 10.8.